The molecule has 0 fully saturated rings. The quantitative estimate of drug-likeness (QED) is 0.741. The van der Waals surface area contributed by atoms with Crippen molar-refractivity contribution in [2.24, 2.45) is 11.8 Å². The number of esters is 1. The number of carbonyl (C=O) groups excluding carboxylic acids is 1. The lowest BCUT2D eigenvalue weighted by Gasteiger charge is -2.19. The van der Waals surface area contributed by atoms with Crippen molar-refractivity contribution in [2.75, 3.05) is 0 Å². The number of hydrogen-bond donors (Lipinski definition) is 1. The zero-order valence-electron chi connectivity index (χ0n) is 12.0. The number of carbonyl (C=O) groups is 2. The van der Waals surface area contributed by atoms with E-state index in [2.05, 4.69) is 0 Å². The molecule has 1 aromatic carbocycles. The molecule has 0 aromatic heterocycles. The van der Waals surface area contributed by atoms with Crippen molar-refractivity contribution < 1.29 is 19.4 Å². The van der Waals surface area contributed by atoms with Crippen LogP contribution in [0.15, 0.2) is 30.3 Å². The van der Waals surface area contributed by atoms with E-state index in [4.69, 9.17) is 9.84 Å². The normalized spacial score (nSPS) is 13.5. The van der Waals surface area contributed by atoms with Gasteiger partial charge in [-0.2, -0.15) is 0 Å². The van der Waals surface area contributed by atoms with Gasteiger partial charge in [-0.3, -0.25) is 9.59 Å². The van der Waals surface area contributed by atoms with Gasteiger partial charge in [-0.15, -0.1) is 0 Å². The molecule has 1 rings (SSSR count). The van der Waals surface area contributed by atoms with Crippen LogP contribution in [-0.2, 0) is 20.9 Å². The SMILES string of the molecule is CCCCC(C(=O)OCc1ccccc1)C(C)C(=O)O. The Morgan fingerprint density at radius 3 is 2.45 bits per heavy atom. The van der Waals surface area contributed by atoms with Crippen LogP contribution in [0.1, 0.15) is 38.7 Å². The predicted molar refractivity (Wildman–Crippen MR) is 76.1 cm³/mol. The number of unbranched alkanes of at least 4 members (excludes halogenated alkanes) is 1. The molecular formula is C16H22O4. The van der Waals surface area contributed by atoms with Gasteiger partial charge >= 0.3 is 11.9 Å². The molecule has 110 valence electrons. The number of hydrogen-bond acceptors (Lipinski definition) is 3. The summed E-state index contributed by atoms with van der Waals surface area (Å²) in [6, 6.07) is 9.38. The number of aliphatic carboxylic acids is 1. The zero-order valence-corrected chi connectivity index (χ0v) is 12.0. The van der Waals surface area contributed by atoms with Gasteiger partial charge in [0.2, 0.25) is 0 Å². The number of rotatable bonds is 8. The number of carboxylic acid groups (broad SMARTS) is 1. The molecule has 0 aliphatic heterocycles. The molecule has 0 amide bonds. The lowest BCUT2D eigenvalue weighted by molar-refractivity contribution is -0.158. The van der Waals surface area contributed by atoms with Gasteiger partial charge in [0.1, 0.15) is 6.61 Å². The summed E-state index contributed by atoms with van der Waals surface area (Å²) in [5, 5.41) is 9.08. The predicted octanol–water partition coefficient (Wildman–Crippen LogP) is 3.26. The molecule has 2 atom stereocenters. The standard InChI is InChI=1S/C16H22O4/c1-3-4-10-14(12(2)15(17)18)16(19)20-11-13-8-6-5-7-9-13/h5-9,12,14H,3-4,10-11H2,1-2H3,(H,17,18). The maximum Gasteiger partial charge on any atom is 0.310 e. The average molecular weight is 278 g/mol. The fraction of sp³-hybridized carbons (Fsp3) is 0.500. The molecule has 0 heterocycles. The molecule has 0 saturated carbocycles. The van der Waals surface area contributed by atoms with E-state index in [1.165, 1.54) is 0 Å². The number of ether oxygens (including phenoxy) is 1. The van der Waals surface area contributed by atoms with Gasteiger partial charge in [-0.05, 0) is 12.0 Å². The fourth-order valence-electron chi connectivity index (χ4n) is 2.00. The van der Waals surface area contributed by atoms with E-state index in [0.717, 1.165) is 18.4 Å². The van der Waals surface area contributed by atoms with Gasteiger partial charge in [0, 0.05) is 0 Å². The van der Waals surface area contributed by atoms with Crippen LogP contribution in [0.3, 0.4) is 0 Å². The molecule has 2 unspecified atom stereocenters. The minimum absolute atomic E-state index is 0.189. The first-order valence-corrected chi connectivity index (χ1v) is 6.99. The summed E-state index contributed by atoms with van der Waals surface area (Å²) in [6.45, 7) is 3.76. The maximum atomic E-state index is 12.1. The first-order chi connectivity index (χ1) is 9.56. The van der Waals surface area contributed by atoms with Crippen molar-refractivity contribution in [3.05, 3.63) is 35.9 Å². The Labute approximate surface area is 119 Å². The van der Waals surface area contributed by atoms with Gasteiger partial charge in [0.05, 0.1) is 11.8 Å². The first kappa shape index (κ1) is 16.2. The molecule has 4 heteroatoms. The topological polar surface area (TPSA) is 63.6 Å². The Hall–Kier alpha value is -1.84. The highest BCUT2D eigenvalue weighted by Crippen LogP contribution is 2.21. The molecule has 20 heavy (non-hydrogen) atoms. The third-order valence-electron chi connectivity index (χ3n) is 3.39. The summed E-state index contributed by atoms with van der Waals surface area (Å²) in [7, 11) is 0. The third-order valence-corrected chi connectivity index (χ3v) is 3.39. The van der Waals surface area contributed by atoms with E-state index < -0.39 is 23.8 Å². The minimum atomic E-state index is -0.956. The van der Waals surface area contributed by atoms with E-state index in [0.29, 0.717) is 6.42 Å². The average Bonchev–Trinajstić information content (AvgIpc) is 2.46. The van der Waals surface area contributed by atoms with Crippen LogP contribution in [0.2, 0.25) is 0 Å². The van der Waals surface area contributed by atoms with Gasteiger partial charge in [0.15, 0.2) is 0 Å². The van der Waals surface area contributed by atoms with Crippen LogP contribution in [0.25, 0.3) is 0 Å². The van der Waals surface area contributed by atoms with Crippen LogP contribution in [0.5, 0.6) is 0 Å². The van der Waals surface area contributed by atoms with Crippen molar-refractivity contribution in [3.63, 3.8) is 0 Å². The summed E-state index contributed by atoms with van der Waals surface area (Å²) < 4.78 is 5.26. The Balaban J connectivity index is 2.60. The van der Waals surface area contributed by atoms with E-state index in [1.54, 1.807) is 6.92 Å². The number of benzene rings is 1. The summed E-state index contributed by atoms with van der Waals surface area (Å²) in [4.78, 5) is 23.2. The molecule has 0 aliphatic carbocycles. The fourth-order valence-corrected chi connectivity index (χ4v) is 2.00. The first-order valence-electron chi connectivity index (χ1n) is 6.99. The Kier molecular flexibility index (Phi) is 6.77. The van der Waals surface area contributed by atoms with Gasteiger partial charge in [-0.25, -0.2) is 0 Å². The van der Waals surface area contributed by atoms with E-state index >= 15 is 0 Å². The Morgan fingerprint density at radius 2 is 1.90 bits per heavy atom. The van der Waals surface area contributed by atoms with Crippen LogP contribution in [0.4, 0.5) is 0 Å². The molecule has 0 radical (unpaired) electrons. The summed E-state index contributed by atoms with van der Waals surface area (Å²) in [6.07, 6.45) is 2.30. The lowest BCUT2D eigenvalue weighted by Crippen LogP contribution is -2.29. The van der Waals surface area contributed by atoms with Crippen molar-refractivity contribution in [1.29, 1.82) is 0 Å². The van der Waals surface area contributed by atoms with Crippen molar-refractivity contribution in [2.45, 2.75) is 39.7 Å². The highest BCUT2D eigenvalue weighted by atomic mass is 16.5. The van der Waals surface area contributed by atoms with Gasteiger partial charge in [0.25, 0.3) is 0 Å². The van der Waals surface area contributed by atoms with E-state index in [9.17, 15) is 9.59 Å². The van der Waals surface area contributed by atoms with Gasteiger partial charge < -0.3 is 9.84 Å². The summed E-state index contributed by atoms with van der Waals surface area (Å²) >= 11 is 0. The van der Waals surface area contributed by atoms with E-state index in [-0.39, 0.29) is 6.61 Å². The molecule has 1 aromatic rings. The Morgan fingerprint density at radius 1 is 1.25 bits per heavy atom. The second kappa shape index (κ2) is 8.35. The highest BCUT2D eigenvalue weighted by Gasteiger charge is 2.30. The number of carboxylic acids is 1. The minimum Gasteiger partial charge on any atom is -0.481 e. The second-order valence-corrected chi connectivity index (χ2v) is 4.97. The monoisotopic (exact) mass is 278 g/mol. The van der Waals surface area contributed by atoms with Gasteiger partial charge in [-0.1, -0.05) is 57.0 Å². The van der Waals surface area contributed by atoms with Crippen molar-refractivity contribution >= 4 is 11.9 Å². The van der Waals surface area contributed by atoms with Crippen LogP contribution >= 0.6 is 0 Å². The van der Waals surface area contributed by atoms with Crippen LogP contribution in [-0.4, -0.2) is 17.0 Å². The molecule has 0 aliphatic rings. The molecule has 0 spiro atoms. The smallest absolute Gasteiger partial charge is 0.310 e. The Bertz CT molecular complexity index is 427. The lowest BCUT2D eigenvalue weighted by atomic mass is 9.89. The third kappa shape index (κ3) is 5.03. The summed E-state index contributed by atoms with van der Waals surface area (Å²) in [5.41, 5.74) is 0.901. The van der Waals surface area contributed by atoms with E-state index in [1.807, 2.05) is 37.3 Å². The van der Waals surface area contributed by atoms with Crippen molar-refractivity contribution in [3.8, 4) is 0 Å². The van der Waals surface area contributed by atoms with Crippen molar-refractivity contribution in [1.82, 2.24) is 0 Å². The highest BCUT2D eigenvalue weighted by molar-refractivity contribution is 5.80. The summed E-state index contributed by atoms with van der Waals surface area (Å²) in [5.74, 6) is -2.67. The molecule has 0 saturated heterocycles. The molecule has 0 bridgehead atoms. The molecule has 1 N–H and O–H groups in total. The largest absolute Gasteiger partial charge is 0.481 e. The molecular weight excluding hydrogens is 256 g/mol. The van der Waals surface area contributed by atoms with Crippen LogP contribution in [0, 0.1) is 11.8 Å². The van der Waals surface area contributed by atoms with Crippen LogP contribution < -0.4 is 0 Å². The second-order valence-electron chi connectivity index (χ2n) is 4.97. The maximum absolute atomic E-state index is 12.1. The zero-order chi connectivity index (χ0) is 15.0. The molecule has 4 nitrogen and oxygen atoms in total.